The second-order valence-electron chi connectivity index (χ2n) is 8.21. The van der Waals surface area contributed by atoms with E-state index >= 15 is 0 Å². The minimum absolute atomic E-state index is 0. The van der Waals surface area contributed by atoms with Crippen molar-refractivity contribution in [2.45, 2.75) is 59.0 Å². The van der Waals surface area contributed by atoms with Crippen molar-refractivity contribution in [3.8, 4) is 0 Å². The average molecular weight is 575 g/mol. The predicted octanol–water partition coefficient (Wildman–Crippen LogP) is 2.59. The number of morpholine rings is 1. The fraction of sp³-hybridized carbons (Fsp3) is 0.727. The molecule has 0 bridgehead atoms. The number of guanidine groups is 1. The third-order valence-electron chi connectivity index (χ3n) is 6.02. The maximum Gasteiger partial charge on any atom is 0.192 e. The maximum absolute atomic E-state index is 5.55. The van der Waals surface area contributed by atoms with Gasteiger partial charge in [0.1, 0.15) is 12.4 Å². The van der Waals surface area contributed by atoms with Crippen LogP contribution in [0.2, 0.25) is 0 Å². The van der Waals surface area contributed by atoms with Gasteiger partial charge in [-0.3, -0.25) is 4.90 Å². The molecule has 186 valence electrons. The molecule has 1 fully saturated rings. The van der Waals surface area contributed by atoms with Gasteiger partial charge in [0.05, 0.1) is 25.5 Å². The fourth-order valence-electron chi connectivity index (χ4n) is 3.73. The van der Waals surface area contributed by atoms with E-state index in [2.05, 4.69) is 44.7 Å². The van der Waals surface area contributed by atoms with Crippen molar-refractivity contribution in [1.82, 2.24) is 35.5 Å². The summed E-state index contributed by atoms with van der Waals surface area (Å²) in [6, 6.07) is 2.05. The number of hydrogen-bond acceptors (Lipinski definition) is 7. The molecule has 0 saturated carbocycles. The molecule has 2 aromatic rings. The lowest BCUT2D eigenvalue weighted by atomic mass is 9.99. The van der Waals surface area contributed by atoms with E-state index in [0.717, 1.165) is 87.7 Å². The van der Waals surface area contributed by atoms with Crippen LogP contribution < -0.4 is 10.6 Å². The molecule has 11 heteroatoms. The molecular formula is C22H39IN8O2. The zero-order chi connectivity index (χ0) is 22.8. The van der Waals surface area contributed by atoms with Crippen LogP contribution in [-0.2, 0) is 24.9 Å². The maximum atomic E-state index is 5.55. The fourth-order valence-corrected chi connectivity index (χ4v) is 3.73. The molecule has 1 saturated heterocycles. The molecule has 10 nitrogen and oxygen atoms in total. The molecule has 2 N–H and O–H groups in total. The van der Waals surface area contributed by atoms with Crippen LogP contribution in [0.25, 0.3) is 0 Å². The lowest BCUT2D eigenvalue weighted by Crippen LogP contribution is -2.40. The van der Waals surface area contributed by atoms with E-state index in [1.807, 2.05) is 24.6 Å². The van der Waals surface area contributed by atoms with E-state index in [0.29, 0.717) is 19.0 Å². The van der Waals surface area contributed by atoms with E-state index < -0.39 is 0 Å². The Morgan fingerprint density at radius 3 is 2.61 bits per heavy atom. The molecule has 0 unspecified atom stereocenters. The van der Waals surface area contributed by atoms with Gasteiger partial charge in [-0.1, -0.05) is 19.0 Å². The third-order valence-corrected chi connectivity index (χ3v) is 6.02. The van der Waals surface area contributed by atoms with Gasteiger partial charge in [-0.25, -0.2) is 4.99 Å². The molecule has 2 aromatic heterocycles. The molecule has 1 aliphatic rings. The first-order valence-corrected chi connectivity index (χ1v) is 11.7. The van der Waals surface area contributed by atoms with Crippen LogP contribution in [0.3, 0.4) is 0 Å². The smallest absolute Gasteiger partial charge is 0.192 e. The van der Waals surface area contributed by atoms with Crippen LogP contribution in [0.1, 0.15) is 62.1 Å². The van der Waals surface area contributed by atoms with Crippen molar-refractivity contribution >= 4 is 29.9 Å². The van der Waals surface area contributed by atoms with Gasteiger partial charge in [-0.15, -0.1) is 34.2 Å². The van der Waals surface area contributed by atoms with Gasteiger partial charge in [-0.2, -0.15) is 0 Å². The van der Waals surface area contributed by atoms with Crippen molar-refractivity contribution in [3.05, 3.63) is 29.2 Å². The van der Waals surface area contributed by atoms with Gasteiger partial charge in [0.2, 0.25) is 0 Å². The van der Waals surface area contributed by atoms with Crippen LogP contribution >= 0.6 is 24.0 Å². The molecule has 0 spiro atoms. The summed E-state index contributed by atoms with van der Waals surface area (Å²) in [4.78, 5) is 7.15. The van der Waals surface area contributed by atoms with Gasteiger partial charge < -0.3 is 24.5 Å². The van der Waals surface area contributed by atoms with Crippen molar-refractivity contribution in [3.63, 3.8) is 0 Å². The highest BCUT2D eigenvalue weighted by atomic mass is 127. The number of hydrogen-bond donors (Lipinski definition) is 2. The van der Waals surface area contributed by atoms with Gasteiger partial charge in [0.25, 0.3) is 0 Å². The predicted molar refractivity (Wildman–Crippen MR) is 139 cm³/mol. The lowest BCUT2D eigenvalue weighted by molar-refractivity contribution is 0.0376. The first-order valence-electron chi connectivity index (χ1n) is 11.7. The second-order valence-corrected chi connectivity index (χ2v) is 8.21. The highest BCUT2D eigenvalue weighted by molar-refractivity contribution is 14.0. The SMILES string of the molecule is CCC(CC)c1cc(CNC(=NCc2nnc(C)n2C)NCCCN2CCOCC2)on1.I. The van der Waals surface area contributed by atoms with E-state index in [4.69, 9.17) is 14.3 Å². The summed E-state index contributed by atoms with van der Waals surface area (Å²) in [7, 11) is 1.96. The molecule has 0 aliphatic carbocycles. The van der Waals surface area contributed by atoms with E-state index in [1.54, 1.807) is 0 Å². The number of nitrogens with zero attached hydrogens (tertiary/aromatic N) is 6. The Morgan fingerprint density at radius 1 is 1.18 bits per heavy atom. The van der Waals surface area contributed by atoms with Crippen LogP contribution in [0, 0.1) is 6.92 Å². The molecular weight excluding hydrogens is 535 g/mol. The highest BCUT2D eigenvalue weighted by Crippen LogP contribution is 2.22. The number of halogens is 1. The standard InChI is InChI=1S/C22H38N8O2.HI/c1-5-18(6-2)20-14-19(32-28-20)15-24-22(25-16-21-27-26-17(3)29(21)4)23-8-7-9-30-10-12-31-13-11-30;/h14,18H,5-13,15-16H2,1-4H3,(H2,23,24,25);1H. The Balaban J connectivity index is 0.00000385. The number of aryl methyl sites for hydroxylation is 1. The van der Waals surface area contributed by atoms with Crippen LogP contribution in [0.4, 0.5) is 0 Å². The molecule has 33 heavy (non-hydrogen) atoms. The Hall–Kier alpha value is -1.73. The Bertz CT molecular complexity index is 843. The van der Waals surface area contributed by atoms with Gasteiger partial charge >= 0.3 is 0 Å². The summed E-state index contributed by atoms with van der Waals surface area (Å²) in [5.74, 6) is 3.68. The Labute approximate surface area is 213 Å². The molecule has 1 aliphatic heterocycles. The summed E-state index contributed by atoms with van der Waals surface area (Å²) in [5.41, 5.74) is 1.03. The van der Waals surface area contributed by atoms with Crippen molar-refractivity contribution in [1.29, 1.82) is 0 Å². The van der Waals surface area contributed by atoms with Gasteiger partial charge in [0.15, 0.2) is 17.5 Å². The average Bonchev–Trinajstić information content (AvgIpc) is 3.41. The van der Waals surface area contributed by atoms with Crippen molar-refractivity contribution in [2.24, 2.45) is 12.0 Å². The molecule has 0 atom stereocenters. The molecule has 3 heterocycles. The summed E-state index contributed by atoms with van der Waals surface area (Å²) in [6.07, 6.45) is 3.15. The molecule has 0 radical (unpaired) electrons. The number of rotatable bonds is 11. The zero-order valence-electron chi connectivity index (χ0n) is 20.3. The highest BCUT2D eigenvalue weighted by Gasteiger charge is 2.14. The quantitative estimate of drug-likeness (QED) is 0.183. The summed E-state index contributed by atoms with van der Waals surface area (Å²) >= 11 is 0. The summed E-state index contributed by atoms with van der Waals surface area (Å²) < 4.78 is 12.9. The van der Waals surface area contributed by atoms with Crippen LogP contribution in [0.5, 0.6) is 0 Å². The van der Waals surface area contributed by atoms with Gasteiger partial charge in [0, 0.05) is 38.7 Å². The lowest BCUT2D eigenvalue weighted by Gasteiger charge is -2.26. The monoisotopic (exact) mass is 574 g/mol. The van der Waals surface area contributed by atoms with E-state index in [-0.39, 0.29) is 24.0 Å². The van der Waals surface area contributed by atoms with Crippen molar-refractivity contribution in [2.75, 3.05) is 39.4 Å². The Kier molecular flexibility index (Phi) is 12.1. The van der Waals surface area contributed by atoms with Crippen molar-refractivity contribution < 1.29 is 9.26 Å². The normalized spacial score (nSPS) is 15.0. The topological polar surface area (TPSA) is 106 Å². The number of aliphatic imine (C=N–C) groups is 1. The summed E-state index contributed by atoms with van der Waals surface area (Å²) in [5, 5.41) is 19.4. The largest absolute Gasteiger partial charge is 0.379 e. The number of nitrogens with one attached hydrogen (secondary N) is 2. The first-order chi connectivity index (χ1) is 15.6. The Morgan fingerprint density at radius 2 is 1.94 bits per heavy atom. The zero-order valence-corrected chi connectivity index (χ0v) is 22.7. The first kappa shape index (κ1) is 27.5. The second kappa shape index (κ2) is 14.5. The minimum Gasteiger partial charge on any atom is -0.379 e. The van der Waals surface area contributed by atoms with E-state index in [9.17, 15) is 0 Å². The number of aromatic nitrogens is 4. The molecule has 0 aromatic carbocycles. The van der Waals surface area contributed by atoms with Crippen LogP contribution in [-0.4, -0.2) is 70.2 Å². The van der Waals surface area contributed by atoms with Crippen LogP contribution in [0.15, 0.2) is 15.6 Å². The number of ether oxygens (including phenoxy) is 1. The third kappa shape index (κ3) is 8.53. The minimum atomic E-state index is 0. The van der Waals surface area contributed by atoms with Gasteiger partial charge in [-0.05, 0) is 32.7 Å². The molecule has 0 amide bonds. The molecule has 3 rings (SSSR count). The van der Waals surface area contributed by atoms with E-state index in [1.165, 1.54) is 0 Å². The summed E-state index contributed by atoms with van der Waals surface area (Å²) in [6.45, 7) is 12.8.